The lowest BCUT2D eigenvalue weighted by Gasteiger charge is -2.09. The van der Waals surface area contributed by atoms with E-state index in [0.29, 0.717) is 5.92 Å². The van der Waals surface area contributed by atoms with Gasteiger partial charge in [-0.1, -0.05) is 32.0 Å². The zero-order valence-corrected chi connectivity index (χ0v) is 9.99. The molecule has 0 saturated heterocycles. The van der Waals surface area contributed by atoms with Crippen molar-refractivity contribution in [3.8, 4) is 0 Å². The molecule has 1 N–H and O–H groups in total. The van der Waals surface area contributed by atoms with Crippen LogP contribution in [0, 0.1) is 5.92 Å². The minimum absolute atomic E-state index is 0.612. The van der Waals surface area contributed by atoms with Crippen LogP contribution in [0.15, 0.2) is 34.7 Å². The molecule has 1 atom stereocenters. The Labute approximate surface area is 96.6 Å². The maximum atomic E-state index is 5.79. The Morgan fingerprint density at radius 3 is 2.88 bits per heavy atom. The summed E-state index contributed by atoms with van der Waals surface area (Å²) in [6, 6.07) is 10.3. The lowest BCUT2D eigenvalue weighted by Crippen LogP contribution is -2.21. The number of rotatable bonds is 5. The van der Waals surface area contributed by atoms with Crippen molar-refractivity contribution in [2.45, 2.75) is 20.3 Å². The van der Waals surface area contributed by atoms with Gasteiger partial charge in [0.05, 0.1) is 0 Å². The van der Waals surface area contributed by atoms with Crippen molar-refractivity contribution in [3.05, 3.63) is 36.1 Å². The van der Waals surface area contributed by atoms with Gasteiger partial charge in [-0.3, -0.25) is 0 Å². The molecular weight excluding hydrogens is 198 g/mol. The fourth-order valence-corrected chi connectivity index (χ4v) is 1.94. The van der Waals surface area contributed by atoms with Crippen molar-refractivity contribution in [1.29, 1.82) is 0 Å². The first-order valence-electron chi connectivity index (χ1n) is 5.97. The Hall–Kier alpha value is -1.28. The summed E-state index contributed by atoms with van der Waals surface area (Å²) in [5.41, 5.74) is 0.994. The first kappa shape index (κ1) is 11.2. The lowest BCUT2D eigenvalue weighted by atomic mass is 10.1. The van der Waals surface area contributed by atoms with Gasteiger partial charge in [0.15, 0.2) is 0 Å². The van der Waals surface area contributed by atoms with Gasteiger partial charge in [-0.25, -0.2) is 0 Å². The smallest absolute Gasteiger partial charge is 0.134 e. The highest BCUT2D eigenvalue weighted by Crippen LogP contribution is 2.20. The van der Waals surface area contributed by atoms with Crippen LogP contribution in [0.5, 0.6) is 0 Å². The van der Waals surface area contributed by atoms with E-state index in [-0.39, 0.29) is 0 Å². The summed E-state index contributed by atoms with van der Waals surface area (Å²) >= 11 is 0. The molecule has 1 aromatic heterocycles. The third kappa shape index (κ3) is 2.64. The number of hydrogen-bond acceptors (Lipinski definition) is 2. The summed E-state index contributed by atoms with van der Waals surface area (Å²) in [7, 11) is 0. The molecule has 0 spiro atoms. The second-order valence-electron chi connectivity index (χ2n) is 4.37. The summed E-state index contributed by atoms with van der Waals surface area (Å²) in [4.78, 5) is 0. The van der Waals surface area contributed by atoms with Crippen LogP contribution in [-0.2, 0) is 6.42 Å². The first-order valence-corrected chi connectivity index (χ1v) is 5.97. The van der Waals surface area contributed by atoms with Gasteiger partial charge in [0.25, 0.3) is 0 Å². The Kier molecular flexibility index (Phi) is 3.62. The zero-order valence-electron chi connectivity index (χ0n) is 9.99. The van der Waals surface area contributed by atoms with E-state index in [1.54, 1.807) is 0 Å². The van der Waals surface area contributed by atoms with Crippen molar-refractivity contribution in [3.63, 3.8) is 0 Å². The molecule has 0 aliphatic carbocycles. The average molecular weight is 217 g/mol. The molecule has 0 amide bonds. The van der Waals surface area contributed by atoms with Gasteiger partial charge in [-0.15, -0.1) is 0 Å². The Balaban J connectivity index is 2.03. The van der Waals surface area contributed by atoms with E-state index in [2.05, 4.69) is 31.3 Å². The molecule has 1 heterocycles. The minimum atomic E-state index is 0.612. The highest BCUT2D eigenvalue weighted by molar-refractivity contribution is 5.77. The number of furan rings is 1. The summed E-state index contributed by atoms with van der Waals surface area (Å²) in [5.74, 6) is 1.70. The summed E-state index contributed by atoms with van der Waals surface area (Å²) in [6.07, 6.45) is 1.00. The second kappa shape index (κ2) is 5.17. The van der Waals surface area contributed by atoms with Crippen LogP contribution < -0.4 is 5.32 Å². The lowest BCUT2D eigenvalue weighted by molar-refractivity contribution is 0.458. The van der Waals surface area contributed by atoms with Gasteiger partial charge in [0.1, 0.15) is 11.3 Å². The van der Waals surface area contributed by atoms with E-state index in [4.69, 9.17) is 4.42 Å². The molecule has 0 aliphatic heterocycles. The first-order chi connectivity index (χ1) is 7.79. The third-order valence-electron chi connectivity index (χ3n) is 2.77. The molecular formula is C14H19NO. The standard InChI is InChI=1S/C14H19NO/c1-3-15-10-11(2)8-13-9-12-6-4-5-7-14(12)16-13/h4-7,9,11,15H,3,8,10H2,1-2H3. The summed E-state index contributed by atoms with van der Waals surface area (Å²) in [6.45, 7) is 6.46. The van der Waals surface area contributed by atoms with Crippen molar-refractivity contribution in [2.75, 3.05) is 13.1 Å². The van der Waals surface area contributed by atoms with Gasteiger partial charge in [0.2, 0.25) is 0 Å². The van der Waals surface area contributed by atoms with E-state index in [0.717, 1.165) is 30.9 Å². The quantitative estimate of drug-likeness (QED) is 0.832. The normalized spacial score (nSPS) is 13.1. The molecule has 16 heavy (non-hydrogen) atoms. The molecule has 0 saturated carbocycles. The maximum Gasteiger partial charge on any atom is 0.134 e. The summed E-state index contributed by atoms with van der Waals surface area (Å²) < 4.78 is 5.79. The van der Waals surface area contributed by atoms with Crippen molar-refractivity contribution >= 4 is 11.0 Å². The van der Waals surface area contributed by atoms with E-state index >= 15 is 0 Å². The Morgan fingerprint density at radius 2 is 2.12 bits per heavy atom. The second-order valence-corrected chi connectivity index (χ2v) is 4.37. The zero-order chi connectivity index (χ0) is 11.4. The molecule has 1 aromatic carbocycles. The van der Waals surface area contributed by atoms with Gasteiger partial charge in [-0.2, -0.15) is 0 Å². The van der Waals surface area contributed by atoms with E-state index < -0.39 is 0 Å². The van der Waals surface area contributed by atoms with Crippen LogP contribution in [0.2, 0.25) is 0 Å². The SMILES string of the molecule is CCNCC(C)Cc1cc2ccccc2o1. The van der Waals surface area contributed by atoms with Crippen LogP contribution in [0.3, 0.4) is 0 Å². The molecule has 0 aliphatic rings. The van der Waals surface area contributed by atoms with Crippen LogP contribution in [0.4, 0.5) is 0 Å². The monoisotopic (exact) mass is 217 g/mol. The molecule has 2 rings (SSSR count). The van der Waals surface area contributed by atoms with Crippen LogP contribution in [-0.4, -0.2) is 13.1 Å². The molecule has 0 radical (unpaired) electrons. The molecule has 0 bridgehead atoms. The average Bonchev–Trinajstić information content (AvgIpc) is 2.68. The van der Waals surface area contributed by atoms with Crippen LogP contribution in [0.1, 0.15) is 19.6 Å². The van der Waals surface area contributed by atoms with Crippen LogP contribution >= 0.6 is 0 Å². The number of fused-ring (bicyclic) bond motifs is 1. The van der Waals surface area contributed by atoms with E-state index in [9.17, 15) is 0 Å². The number of nitrogens with one attached hydrogen (secondary N) is 1. The molecule has 2 heteroatoms. The van der Waals surface area contributed by atoms with Crippen LogP contribution in [0.25, 0.3) is 11.0 Å². The molecule has 2 nitrogen and oxygen atoms in total. The summed E-state index contributed by atoms with van der Waals surface area (Å²) in [5, 5.41) is 4.56. The van der Waals surface area contributed by atoms with Crippen molar-refractivity contribution < 1.29 is 4.42 Å². The topological polar surface area (TPSA) is 25.2 Å². The minimum Gasteiger partial charge on any atom is -0.461 e. The fourth-order valence-electron chi connectivity index (χ4n) is 1.94. The Morgan fingerprint density at radius 1 is 1.31 bits per heavy atom. The van der Waals surface area contributed by atoms with E-state index in [1.807, 2.05) is 18.2 Å². The fraction of sp³-hybridized carbons (Fsp3) is 0.429. The van der Waals surface area contributed by atoms with Gasteiger partial charge < -0.3 is 9.73 Å². The molecule has 86 valence electrons. The highest BCUT2D eigenvalue weighted by atomic mass is 16.3. The Bertz CT molecular complexity index is 414. The van der Waals surface area contributed by atoms with Gasteiger partial charge in [0, 0.05) is 11.8 Å². The largest absolute Gasteiger partial charge is 0.461 e. The molecule has 0 fully saturated rings. The molecule has 1 unspecified atom stereocenters. The van der Waals surface area contributed by atoms with Crippen molar-refractivity contribution in [1.82, 2.24) is 5.32 Å². The molecule has 2 aromatic rings. The predicted octanol–water partition coefficient (Wildman–Crippen LogP) is 3.22. The van der Waals surface area contributed by atoms with Gasteiger partial charge in [-0.05, 0) is 31.1 Å². The van der Waals surface area contributed by atoms with E-state index in [1.165, 1.54) is 5.39 Å². The predicted molar refractivity (Wildman–Crippen MR) is 67.6 cm³/mol. The number of hydrogen-bond donors (Lipinski definition) is 1. The third-order valence-corrected chi connectivity index (χ3v) is 2.77. The van der Waals surface area contributed by atoms with Crippen molar-refractivity contribution in [2.24, 2.45) is 5.92 Å². The highest BCUT2D eigenvalue weighted by Gasteiger charge is 2.07. The number of benzene rings is 1. The number of para-hydroxylation sites is 1. The maximum absolute atomic E-state index is 5.79. The van der Waals surface area contributed by atoms with Gasteiger partial charge >= 0.3 is 0 Å².